The van der Waals surface area contributed by atoms with Crippen molar-refractivity contribution in [2.45, 2.75) is 19.3 Å². The number of carbonyl (C=O) groups excluding carboxylic acids is 1. The fourth-order valence-corrected chi connectivity index (χ4v) is 3.27. The Morgan fingerprint density at radius 2 is 2.38 bits per heavy atom. The Morgan fingerprint density at radius 1 is 1.48 bits per heavy atom. The molecule has 1 aliphatic carbocycles. The number of hydrogen-bond donors (Lipinski definition) is 2. The van der Waals surface area contributed by atoms with E-state index in [2.05, 4.69) is 27.1 Å². The Morgan fingerprint density at radius 3 is 3.19 bits per heavy atom. The van der Waals surface area contributed by atoms with Crippen LogP contribution in [0.25, 0.3) is 0 Å². The number of fused-ring (bicyclic) bond motifs is 1. The van der Waals surface area contributed by atoms with E-state index in [9.17, 15) is 4.79 Å². The van der Waals surface area contributed by atoms with Crippen molar-refractivity contribution in [2.75, 3.05) is 11.9 Å². The van der Waals surface area contributed by atoms with Gasteiger partial charge in [0.2, 0.25) is 0 Å². The Balaban J connectivity index is 1.81. The van der Waals surface area contributed by atoms with Crippen molar-refractivity contribution >= 4 is 22.4 Å². The van der Waals surface area contributed by atoms with Crippen LogP contribution in [0, 0.1) is 11.8 Å². The molecule has 0 saturated carbocycles. The molecule has 0 fully saturated rings. The highest BCUT2D eigenvalue weighted by Gasteiger charge is 2.19. The largest absolute Gasteiger partial charge is 0.384 e. The SMILES string of the molecule is O=C(Nc1nc2c(s1)CCC2)c1ncccc1C#CCO. The average molecular weight is 299 g/mol. The number of thiazole rings is 1. The topological polar surface area (TPSA) is 75.1 Å². The van der Waals surface area contributed by atoms with Crippen molar-refractivity contribution in [1.82, 2.24) is 9.97 Å². The second kappa shape index (κ2) is 6.04. The van der Waals surface area contributed by atoms with Crippen LogP contribution < -0.4 is 5.32 Å². The molecule has 2 heterocycles. The quantitative estimate of drug-likeness (QED) is 0.826. The summed E-state index contributed by atoms with van der Waals surface area (Å²) in [6, 6.07) is 3.41. The maximum atomic E-state index is 12.3. The third kappa shape index (κ3) is 2.94. The summed E-state index contributed by atoms with van der Waals surface area (Å²) in [5.41, 5.74) is 1.83. The number of aliphatic hydroxyl groups is 1. The van der Waals surface area contributed by atoms with Crippen LogP contribution in [-0.4, -0.2) is 27.6 Å². The van der Waals surface area contributed by atoms with Gasteiger partial charge in [-0.3, -0.25) is 10.1 Å². The molecule has 106 valence electrons. The number of nitrogens with zero attached hydrogens (tertiary/aromatic N) is 2. The van der Waals surface area contributed by atoms with Gasteiger partial charge in [0.15, 0.2) is 5.13 Å². The molecule has 21 heavy (non-hydrogen) atoms. The van der Waals surface area contributed by atoms with Crippen molar-refractivity contribution in [1.29, 1.82) is 0 Å². The minimum absolute atomic E-state index is 0.244. The molecule has 0 bridgehead atoms. The Bertz CT molecular complexity index is 721. The molecule has 0 unspecified atom stereocenters. The van der Waals surface area contributed by atoms with Gasteiger partial charge in [0.1, 0.15) is 12.3 Å². The van der Waals surface area contributed by atoms with Crippen LogP contribution in [0.15, 0.2) is 18.3 Å². The van der Waals surface area contributed by atoms with Crippen molar-refractivity contribution in [3.8, 4) is 11.8 Å². The zero-order chi connectivity index (χ0) is 14.7. The fraction of sp³-hybridized carbons (Fsp3) is 0.267. The standard InChI is InChI=1S/C15H13N3O2S/c19-9-3-5-10-4-2-8-16-13(10)14(20)18-15-17-11-6-1-7-12(11)21-15/h2,4,8,19H,1,6-7,9H2,(H,17,18,20). The molecule has 0 atom stereocenters. The number of aryl methyl sites for hydroxylation is 2. The lowest BCUT2D eigenvalue weighted by molar-refractivity contribution is 0.102. The first-order valence-corrected chi connectivity index (χ1v) is 7.44. The first-order valence-electron chi connectivity index (χ1n) is 6.62. The van der Waals surface area contributed by atoms with E-state index in [1.807, 2.05) is 0 Å². The number of carbonyl (C=O) groups is 1. The lowest BCUT2D eigenvalue weighted by Gasteiger charge is -2.03. The molecule has 6 heteroatoms. The van der Waals surface area contributed by atoms with Gasteiger partial charge >= 0.3 is 0 Å². The summed E-state index contributed by atoms with van der Waals surface area (Å²) in [4.78, 5) is 22.0. The summed E-state index contributed by atoms with van der Waals surface area (Å²) >= 11 is 1.52. The van der Waals surface area contributed by atoms with Crippen molar-refractivity contribution < 1.29 is 9.90 Å². The number of pyridine rings is 1. The van der Waals surface area contributed by atoms with Crippen LogP contribution in [0.4, 0.5) is 5.13 Å². The molecule has 2 aromatic heterocycles. The van der Waals surface area contributed by atoms with E-state index < -0.39 is 0 Å². The highest BCUT2D eigenvalue weighted by Crippen LogP contribution is 2.30. The third-order valence-electron chi connectivity index (χ3n) is 3.14. The summed E-state index contributed by atoms with van der Waals surface area (Å²) in [6.07, 6.45) is 4.71. The number of aliphatic hydroxyl groups excluding tert-OH is 1. The Hall–Kier alpha value is -2.23. The number of nitrogens with one attached hydrogen (secondary N) is 1. The monoisotopic (exact) mass is 299 g/mol. The van der Waals surface area contributed by atoms with Crippen LogP contribution in [0.1, 0.15) is 33.0 Å². The molecular weight excluding hydrogens is 286 g/mol. The normalized spacial score (nSPS) is 12.4. The Kier molecular flexibility index (Phi) is 3.95. The summed E-state index contributed by atoms with van der Waals surface area (Å²) in [6.45, 7) is -0.255. The van der Waals surface area contributed by atoms with E-state index in [0.717, 1.165) is 25.0 Å². The van der Waals surface area contributed by atoms with Crippen molar-refractivity contribution in [3.05, 3.63) is 40.2 Å². The van der Waals surface area contributed by atoms with Crippen molar-refractivity contribution in [3.63, 3.8) is 0 Å². The van der Waals surface area contributed by atoms with Gasteiger partial charge in [0.25, 0.3) is 5.91 Å². The maximum absolute atomic E-state index is 12.3. The molecule has 1 aliphatic rings. The number of rotatable bonds is 2. The zero-order valence-electron chi connectivity index (χ0n) is 11.2. The zero-order valence-corrected chi connectivity index (χ0v) is 12.0. The van der Waals surface area contributed by atoms with Gasteiger partial charge in [-0.05, 0) is 31.4 Å². The van der Waals surface area contributed by atoms with Crippen LogP contribution in [0.3, 0.4) is 0 Å². The molecular formula is C15H13N3O2S. The highest BCUT2D eigenvalue weighted by molar-refractivity contribution is 7.15. The summed E-state index contributed by atoms with van der Waals surface area (Å²) in [5.74, 6) is 4.93. The highest BCUT2D eigenvalue weighted by atomic mass is 32.1. The lowest BCUT2D eigenvalue weighted by atomic mass is 10.2. The molecule has 1 amide bonds. The second-order valence-electron chi connectivity index (χ2n) is 4.56. The first-order chi connectivity index (χ1) is 10.3. The van der Waals surface area contributed by atoms with Crippen molar-refractivity contribution in [2.24, 2.45) is 0 Å². The minimum Gasteiger partial charge on any atom is -0.384 e. The van der Waals surface area contributed by atoms with Gasteiger partial charge in [-0.15, -0.1) is 11.3 Å². The number of amides is 1. The van der Waals surface area contributed by atoms with E-state index in [4.69, 9.17) is 5.11 Å². The van der Waals surface area contributed by atoms with E-state index in [1.54, 1.807) is 18.3 Å². The minimum atomic E-state index is -0.328. The molecule has 0 spiro atoms. The third-order valence-corrected chi connectivity index (χ3v) is 4.21. The molecule has 0 radical (unpaired) electrons. The van der Waals surface area contributed by atoms with Crippen LogP contribution in [-0.2, 0) is 12.8 Å². The first kappa shape index (κ1) is 13.7. The second-order valence-corrected chi connectivity index (χ2v) is 5.64. The van der Waals surface area contributed by atoms with Crippen LogP contribution in [0.5, 0.6) is 0 Å². The fourth-order valence-electron chi connectivity index (χ4n) is 2.22. The van der Waals surface area contributed by atoms with E-state index in [1.165, 1.54) is 16.2 Å². The van der Waals surface area contributed by atoms with Gasteiger partial charge in [-0.2, -0.15) is 0 Å². The summed E-state index contributed by atoms with van der Waals surface area (Å²) in [7, 11) is 0. The smallest absolute Gasteiger partial charge is 0.277 e. The summed E-state index contributed by atoms with van der Waals surface area (Å²) < 4.78 is 0. The number of hydrogen-bond acceptors (Lipinski definition) is 5. The molecule has 2 N–H and O–H groups in total. The maximum Gasteiger partial charge on any atom is 0.277 e. The molecule has 0 aromatic carbocycles. The van der Waals surface area contributed by atoms with Gasteiger partial charge in [-0.25, -0.2) is 9.97 Å². The molecule has 2 aromatic rings. The summed E-state index contributed by atoms with van der Waals surface area (Å²) in [5, 5.41) is 12.1. The van der Waals surface area contributed by atoms with E-state index in [-0.39, 0.29) is 18.2 Å². The van der Waals surface area contributed by atoms with E-state index in [0.29, 0.717) is 10.7 Å². The molecule has 3 rings (SSSR count). The van der Waals surface area contributed by atoms with Crippen LogP contribution >= 0.6 is 11.3 Å². The predicted molar refractivity (Wildman–Crippen MR) is 80.3 cm³/mol. The molecule has 0 saturated heterocycles. The van der Waals surface area contributed by atoms with Gasteiger partial charge < -0.3 is 5.11 Å². The van der Waals surface area contributed by atoms with E-state index >= 15 is 0 Å². The lowest BCUT2D eigenvalue weighted by Crippen LogP contribution is -2.15. The van der Waals surface area contributed by atoms with Gasteiger partial charge in [0, 0.05) is 11.1 Å². The predicted octanol–water partition coefficient (Wildman–Crippen LogP) is 1.62. The van der Waals surface area contributed by atoms with Gasteiger partial charge in [-0.1, -0.05) is 11.8 Å². The molecule has 5 nitrogen and oxygen atoms in total. The number of anilines is 1. The van der Waals surface area contributed by atoms with Crippen LogP contribution in [0.2, 0.25) is 0 Å². The number of aromatic nitrogens is 2. The van der Waals surface area contributed by atoms with Gasteiger partial charge in [0.05, 0.1) is 11.3 Å². The average Bonchev–Trinajstić information content (AvgIpc) is 3.06. The molecule has 0 aliphatic heterocycles. The Labute approximate surface area is 126 Å².